The molecule has 6 nitrogen and oxygen atoms in total. The topological polar surface area (TPSA) is 80.3 Å². The van der Waals surface area contributed by atoms with Gasteiger partial charge in [0.25, 0.3) is 0 Å². The van der Waals surface area contributed by atoms with E-state index in [0.717, 1.165) is 28.6 Å². The first-order valence-electron chi connectivity index (χ1n) is 6.11. The van der Waals surface area contributed by atoms with Crippen molar-refractivity contribution in [1.82, 2.24) is 9.71 Å². The number of aromatic nitrogens is 1. The molecule has 2 aromatic rings. The number of hydrogen-bond donors (Lipinski definition) is 2. The summed E-state index contributed by atoms with van der Waals surface area (Å²) in [7, 11) is -1.53. The number of methoxy groups -OCH3 is 1. The minimum Gasteiger partial charge on any atom is -0.497 e. The van der Waals surface area contributed by atoms with E-state index in [9.17, 15) is 8.42 Å². The molecule has 0 radical (unpaired) electrons. The Morgan fingerprint density at radius 3 is 2.75 bits per heavy atom. The van der Waals surface area contributed by atoms with Crippen LogP contribution in [0.4, 0.5) is 5.82 Å². The first-order valence-corrected chi connectivity index (χ1v) is 8.00. The lowest BCUT2D eigenvalue weighted by Gasteiger charge is -2.09. The van der Waals surface area contributed by atoms with Crippen molar-refractivity contribution in [3.05, 3.63) is 30.5 Å². The van der Waals surface area contributed by atoms with Crippen LogP contribution in [0.1, 0.15) is 0 Å². The molecule has 20 heavy (non-hydrogen) atoms. The smallest absolute Gasteiger partial charge is 0.208 e. The number of sulfonamides is 1. The van der Waals surface area contributed by atoms with Crippen molar-refractivity contribution in [2.75, 3.05) is 31.8 Å². The minimum atomic E-state index is -3.16. The zero-order valence-electron chi connectivity index (χ0n) is 11.4. The molecule has 0 aliphatic heterocycles. The van der Waals surface area contributed by atoms with Gasteiger partial charge in [0.15, 0.2) is 0 Å². The number of pyridine rings is 1. The molecule has 1 aromatic heterocycles. The van der Waals surface area contributed by atoms with Gasteiger partial charge in [-0.1, -0.05) is 0 Å². The summed E-state index contributed by atoms with van der Waals surface area (Å²) in [6, 6.07) is 7.62. The molecule has 0 spiro atoms. The molecule has 108 valence electrons. The highest BCUT2D eigenvalue weighted by atomic mass is 32.2. The number of nitrogens with zero attached hydrogens (tertiary/aromatic N) is 1. The highest BCUT2D eigenvalue weighted by Crippen LogP contribution is 2.24. The van der Waals surface area contributed by atoms with Crippen molar-refractivity contribution in [3.8, 4) is 5.75 Å². The summed E-state index contributed by atoms with van der Waals surface area (Å²) in [5, 5.41) is 5.10. The summed E-state index contributed by atoms with van der Waals surface area (Å²) < 4.78 is 29.5. The third kappa shape index (κ3) is 3.82. The molecule has 0 amide bonds. The lowest BCUT2D eigenvalue weighted by Crippen LogP contribution is -2.27. The van der Waals surface area contributed by atoms with Crippen LogP contribution in [-0.2, 0) is 10.0 Å². The monoisotopic (exact) mass is 295 g/mol. The molecule has 2 rings (SSSR count). The van der Waals surface area contributed by atoms with E-state index in [2.05, 4.69) is 15.0 Å². The van der Waals surface area contributed by atoms with E-state index in [4.69, 9.17) is 4.74 Å². The van der Waals surface area contributed by atoms with Crippen molar-refractivity contribution in [2.45, 2.75) is 0 Å². The van der Waals surface area contributed by atoms with Gasteiger partial charge in [-0.2, -0.15) is 0 Å². The quantitative estimate of drug-likeness (QED) is 0.783. The Kier molecular flexibility index (Phi) is 4.41. The highest BCUT2D eigenvalue weighted by Gasteiger charge is 2.04. The molecule has 0 aliphatic rings. The van der Waals surface area contributed by atoms with Crippen molar-refractivity contribution < 1.29 is 13.2 Å². The number of ether oxygens (including phenoxy) is 1. The van der Waals surface area contributed by atoms with Gasteiger partial charge in [-0.15, -0.1) is 0 Å². The maximum Gasteiger partial charge on any atom is 0.208 e. The Morgan fingerprint density at radius 1 is 1.25 bits per heavy atom. The van der Waals surface area contributed by atoms with Gasteiger partial charge in [0.05, 0.1) is 13.4 Å². The van der Waals surface area contributed by atoms with Crippen LogP contribution in [0, 0.1) is 0 Å². The normalized spacial score (nSPS) is 11.5. The lowest BCUT2D eigenvalue weighted by molar-refractivity contribution is 0.415. The predicted octanol–water partition coefficient (Wildman–Crippen LogP) is 1.20. The Labute approximate surface area is 118 Å². The number of anilines is 1. The lowest BCUT2D eigenvalue weighted by atomic mass is 10.1. The summed E-state index contributed by atoms with van der Waals surface area (Å²) in [6.07, 6.45) is 2.84. The molecular weight excluding hydrogens is 278 g/mol. The van der Waals surface area contributed by atoms with Crippen LogP contribution in [0.5, 0.6) is 5.75 Å². The fourth-order valence-electron chi connectivity index (χ4n) is 1.84. The SMILES string of the molecule is COc1ccc2c(NCCNS(C)(=O)=O)nccc2c1. The molecule has 2 N–H and O–H groups in total. The predicted molar refractivity (Wildman–Crippen MR) is 79.6 cm³/mol. The van der Waals surface area contributed by atoms with Gasteiger partial charge in [0.1, 0.15) is 11.6 Å². The average molecular weight is 295 g/mol. The van der Waals surface area contributed by atoms with Gasteiger partial charge in [0.2, 0.25) is 10.0 Å². The standard InChI is InChI=1S/C13H17N3O3S/c1-19-11-3-4-12-10(9-11)5-6-14-13(12)15-7-8-16-20(2,17)18/h3-6,9,16H,7-8H2,1-2H3,(H,14,15). The molecular formula is C13H17N3O3S. The molecule has 0 atom stereocenters. The second kappa shape index (κ2) is 6.06. The fraction of sp³-hybridized carbons (Fsp3) is 0.308. The van der Waals surface area contributed by atoms with Gasteiger partial charge >= 0.3 is 0 Å². The summed E-state index contributed by atoms with van der Waals surface area (Å²) in [5.74, 6) is 1.51. The maximum atomic E-state index is 11.0. The Morgan fingerprint density at radius 2 is 2.05 bits per heavy atom. The number of fused-ring (bicyclic) bond motifs is 1. The third-order valence-electron chi connectivity index (χ3n) is 2.75. The average Bonchev–Trinajstić information content (AvgIpc) is 2.42. The molecule has 0 unspecified atom stereocenters. The van der Waals surface area contributed by atoms with E-state index in [-0.39, 0.29) is 0 Å². The van der Waals surface area contributed by atoms with Crippen molar-refractivity contribution >= 4 is 26.6 Å². The number of benzene rings is 1. The molecule has 7 heteroatoms. The van der Waals surface area contributed by atoms with E-state index in [1.54, 1.807) is 13.3 Å². The molecule has 1 aromatic carbocycles. The van der Waals surface area contributed by atoms with Crippen molar-refractivity contribution in [2.24, 2.45) is 0 Å². The van der Waals surface area contributed by atoms with Crippen LogP contribution in [0.3, 0.4) is 0 Å². The van der Waals surface area contributed by atoms with Gasteiger partial charge < -0.3 is 10.1 Å². The Bertz CT molecular complexity index is 701. The number of nitrogens with one attached hydrogen (secondary N) is 2. The van der Waals surface area contributed by atoms with E-state index in [1.807, 2.05) is 24.3 Å². The summed E-state index contributed by atoms with van der Waals surface area (Å²) in [4.78, 5) is 4.27. The van der Waals surface area contributed by atoms with Crippen LogP contribution in [0.2, 0.25) is 0 Å². The number of rotatable bonds is 6. The molecule has 0 fully saturated rings. The maximum absolute atomic E-state index is 11.0. The van der Waals surface area contributed by atoms with Gasteiger partial charge in [-0.05, 0) is 29.7 Å². The first kappa shape index (κ1) is 14.5. The number of hydrogen-bond acceptors (Lipinski definition) is 5. The Balaban J connectivity index is 2.10. The molecule has 0 saturated heterocycles. The third-order valence-corrected chi connectivity index (χ3v) is 3.48. The van der Waals surface area contributed by atoms with Gasteiger partial charge in [-0.3, -0.25) is 0 Å². The second-order valence-corrected chi connectivity index (χ2v) is 6.17. The summed E-state index contributed by atoms with van der Waals surface area (Å²) in [5.41, 5.74) is 0. The Hall–Kier alpha value is -1.86. The molecule has 0 aliphatic carbocycles. The molecule has 1 heterocycles. The minimum absolute atomic E-state index is 0.313. The van der Waals surface area contributed by atoms with E-state index >= 15 is 0 Å². The second-order valence-electron chi connectivity index (χ2n) is 4.34. The molecule has 0 bridgehead atoms. The van der Waals surface area contributed by atoms with Crippen molar-refractivity contribution in [3.63, 3.8) is 0 Å². The van der Waals surface area contributed by atoms with E-state index in [0.29, 0.717) is 13.1 Å². The first-order chi connectivity index (χ1) is 9.49. The van der Waals surface area contributed by atoms with Crippen LogP contribution >= 0.6 is 0 Å². The van der Waals surface area contributed by atoms with Crippen molar-refractivity contribution in [1.29, 1.82) is 0 Å². The highest BCUT2D eigenvalue weighted by molar-refractivity contribution is 7.88. The summed E-state index contributed by atoms with van der Waals surface area (Å²) in [6.45, 7) is 0.776. The van der Waals surface area contributed by atoms with Crippen LogP contribution in [0.25, 0.3) is 10.8 Å². The molecule has 0 saturated carbocycles. The van der Waals surface area contributed by atoms with Crippen LogP contribution in [0.15, 0.2) is 30.5 Å². The van der Waals surface area contributed by atoms with Crippen LogP contribution in [-0.4, -0.2) is 39.9 Å². The van der Waals surface area contributed by atoms with Gasteiger partial charge in [-0.25, -0.2) is 18.1 Å². The summed E-state index contributed by atoms with van der Waals surface area (Å²) >= 11 is 0. The van der Waals surface area contributed by atoms with E-state index in [1.165, 1.54) is 0 Å². The van der Waals surface area contributed by atoms with E-state index < -0.39 is 10.0 Å². The zero-order chi connectivity index (χ0) is 14.6. The van der Waals surface area contributed by atoms with Gasteiger partial charge in [0, 0.05) is 24.7 Å². The fourth-order valence-corrected chi connectivity index (χ4v) is 2.31. The van der Waals surface area contributed by atoms with Crippen LogP contribution < -0.4 is 14.8 Å². The zero-order valence-corrected chi connectivity index (χ0v) is 12.2. The largest absolute Gasteiger partial charge is 0.497 e.